The maximum absolute atomic E-state index is 13.1. The molecule has 0 saturated heterocycles. The first-order valence-electron chi connectivity index (χ1n) is 5.76. The number of hydrogen-bond acceptors (Lipinski definition) is 2. The minimum absolute atomic E-state index is 0.316. The van der Waals surface area contributed by atoms with Crippen molar-refractivity contribution in [1.82, 2.24) is 0 Å². The largest absolute Gasteiger partial charge is 0.458 e. The van der Waals surface area contributed by atoms with E-state index >= 15 is 0 Å². The van der Waals surface area contributed by atoms with E-state index in [1.807, 2.05) is 24.3 Å². The summed E-state index contributed by atoms with van der Waals surface area (Å²) < 4.78 is 19.8. The van der Waals surface area contributed by atoms with Gasteiger partial charge in [0.2, 0.25) is 0 Å². The Balaban J connectivity index is 2.01. The van der Waals surface area contributed by atoms with Crippen LogP contribution in [0.25, 0.3) is 11.0 Å². The van der Waals surface area contributed by atoms with Gasteiger partial charge in [0.1, 0.15) is 23.3 Å². The van der Waals surface area contributed by atoms with Gasteiger partial charge in [-0.25, -0.2) is 4.39 Å². The van der Waals surface area contributed by atoms with Crippen molar-refractivity contribution in [3.63, 3.8) is 0 Å². The molecular formula is C15H10FIO2. The Kier molecular flexibility index (Phi) is 3.28. The maximum Gasteiger partial charge on any atom is 0.138 e. The van der Waals surface area contributed by atoms with Crippen molar-refractivity contribution in [3.8, 4) is 0 Å². The number of rotatable bonds is 2. The van der Waals surface area contributed by atoms with Crippen LogP contribution in [0.2, 0.25) is 0 Å². The van der Waals surface area contributed by atoms with E-state index in [9.17, 15) is 9.50 Å². The molecule has 1 atom stereocenters. The molecule has 1 aromatic heterocycles. The van der Waals surface area contributed by atoms with Crippen LogP contribution in [0, 0.1) is 9.39 Å². The lowest BCUT2D eigenvalue weighted by Gasteiger charge is -2.07. The molecule has 1 heterocycles. The lowest BCUT2D eigenvalue weighted by molar-refractivity contribution is 0.192. The Morgan fingerprint density at radius 1 is 1.05 bits per heavy atom. The lowest BCUT2D eigenvalue weighted by atomic mass is 10.1. The van der Waals surface area contributed by atoms with Gasteiger partial charge >= 0.3 is 0 Å². The third-order valence-corrected chi connectivity index (χ3v) is 3.67. The quantitative estimate of drug-likeness (QED) is 0.686. The number of aliphatic hydroxyl groups is 1. The average Bonchev–Trinajstić information content (AvgIpc) is 2.81. The highest BCUT2D eigenvalue weighted by atomic mass is 127. The highest BCUT2D eigenvalue weighted by molar-refractivity contribution is 14.1. The van der Waals surface area contributed by atoms with E-state index in [1.54, 1.807) is 12.1 Å². The molecule has 96 valence electrons. The predicted octanol–water partition coefficient (Wildman–Crippen LogP) is 4.26. The van der Waals surface area contributed by atoms with Crippen LogP contribution in [0.15, 0.2) is 52.9 Å². The Morgan fingerprint density at radius 3 is 2.53 bits per heavy atom. The number of fused-ring (bicyclic) bond motifs is 1. The summed E-state index contributed by atoms with van der Waals surface area (Å²) in [4.78, 5) is 0. The summed E-state index contributed by atoms with van der Waals surface area (Å²) in [6.07, 6.45) is -0.840. The molecule has 0 fully saturated rings. The summed E-state index contributed by atoms with van der Waals surface area (Å²) in [6.45, 7) is 0. The first kappa shape index (κ1) is 12.6. The van der Waals surface area contributed by atoms with Crippen LogP contribution in [-0.2, 0) is 0 Å². The van der Waals surface area contributed by atoms with Crippen molar-refractivity contribution in [3.05, 3.63) is 69.2 Å². The summed E-state index contributed by atoms with van der Waals surface area (Å²) in [6, 6.07) is 13.5. The second-order valence-corrected chi connectivity index (χ2v) is 5.53. The molecule has 19 heavy (non-hydrogen) atoms. The normalized spacial score (nSPS) is 12.8. The third kappa shape index (κ3) is 2.50. The van der Waals surface area contributed by atoms with Gasteiger partial charge in [-0.15, -0.1) is 0 Å². The van der Waals surface area contributed by atoms with E-state index in [4.69, 9.17) is 4.42 Å². The van der Waals surface area contributed by atoms with Crippen LogP contribution in [-0.4, -0.2) is 5.11 Å². The minimum Gasteiger partial charge on any atom is -0.458 e. The third-order valence-electron chi connectivity index (χ3n) is 2.95. The van der Waals surface area contributed by atoms with Crippen molar-refractivity contribution in [2.45, 2.75) is 6.10 Å². The van der Waals surface area contributed by atoms with Gasteiger partial charge in [-0.05, 0) is 64.6 Å². The van der Waals surface area contributed by atoms with E-state index < -0.39 is 6.10 Å². The molecule has 2 aromatic carbocycles. The molecule has 1 N–H and O–H groups in total. The molecule has 0 aliphatic carbocycles. The Morgan fingerprint density at radius 2 is 1.79 bits per heavy atom. The van der Waals surface area contributed by atoms with Crippen molar-refractivity contribution in [1.29, 1.82) is 0 Å². The zero-order chi connectivity index (χ0) is 13.4. The Bertz CT molecular complexity index is 719. The second kappa shape index (κ2) is 4.94. The standard InChI is InChI=1S/C15H10FIO2/c16-11-3-6-13-10(7-11)8-14(19-13)15(18)9-1-4-12(17)5-2-9/h1-8,15,18H. The zero-order valence-corrected chi connectivity index (χ0v) is 12.0. The molecule has 2 nitrogen and oxygen atoms in total. The van der Waals surface area contributed by atoms with Crippen molar-refractivity contribution in [2.24, 2.45) is 0 Å². The van der Waals surface area contributed by atoms with Crippen LogP contribution in [0.4, 0.5) is 4.39 Å². The molecule has 0 spiro atoms. The van der Waals surface area contributed by atoms with Crippen LogP contribution in [0.3, 0.4) is 0 Å². The monoisotopic (exact) mass is 368 g/mol. The van der Waals surface area contributed by atoms with Gasteiger partial charge in [0, 0.05) is 8.96 Å². The average molecular weight is 368 g/mol. The van der Waals surface area contributed by atoms with Gasteiger partial charge in [0.15, 0.2) is 0 Å². The molecular weight excluding hydrogens is 358 g/mol. The molecule has 3 rings (SSSR count). The van der Waals surface area contributed by atoms with Gasteiger partial charge < -0.3 is 9.52 Å². The fraction of sp³-hybridized carbons (Fsp3) is 0.0667. The second-order valence-electron chi connectivity index (χ2n) is 4.29. The fourth-order valence-corrected chi connectivity index (χ4v) is 2.34. The van der Waals surface area contributed by atoms with E-state index in [2.05, 4.69) is 22.6 Å². The Labute approximate surface area is 123 Å². The highest BCUT2D eigenvalue weighted by Crippen LogP contribution is 2.28. The molecule has 0 aliphatic rings. The predicted molar refractivity (Wildman–Crippen MR) is 79.4 cm³/mol. The minimum atomic E-state index is -0.840. The van der Waals surface area contributed by atoms with Gasteiger partial charge in [-0.3, -0.25) is 0 Å². The molecule has 1 unspecified atom stereocenters. The van der Waals surface area contributed by atoms with Crippen LogP contribution in [0.1, 0.15) is 17.4 Å². The molecule has 4 heteroatoms. The summed E-state index contributed by atoms with van der Waals surface area (Å²) in [5.74, 6) is 0.102. The van der Waals surface area contributed by atoms with Gasteiger partial charge in [-0.1, -0.05) is 12.1 Å². The van der Waals surface area contributed by atoms with Crippen LogP contribution >= 0.6 is 22.6 Å². The van der Waals surface area contributed by atoms with Crippen molar-refractivity contribution < 1.29 is 13.9 Å². The molecule has 0 amide bonds. The first-order valence-corrected chi connectivity index (χ1v) is 6.84. The van der Waals surface area contributed by atoms with E-state index in [1.165, 1.54) is 12.1 Å². The number of halogens is 2. The summed E-state index contributed by atoms with van der Waals surface area (Å²) >= 11 is 2.20. The molecule has 3 aromatic rings. The number of benzene rings is 2. The van der Waals surface area contributed by atoms with E-state index in [0.717, 1.165) is 9.13 Å². The van der Waals surface area contributed by atoms with E-state index in [-0.39, 0.29) is 5.82 Å². The van der Waals surface area contributed by atoms with Gasteiger partial charge in [0.05, 0.1) is 0 Å². The highest BCUT2D eigenvalue weighted by Gasteiger charge is 2.15. The van der Waals surface area contributed by atoms with Crippen LogP contribution in [0.5, 0.6) is 0 Å². The molecule has 0 aliphatic heterocycles. The topological polar surface area (TPSA) is 33.4 Å². The SMILES string of the molecule is OC(c1ccc(I)cc1)c1cc2cc(F)ccc2o1. The lowest BCUT2D eigenvalue weighted by Crippen LogP contribution is -1.97. The fourth-order valence-electron chi connectivity index (χ4n) is 1.98. The van der Waals surface area contributed by atoms with Gasteiger partial charge in [-0.2, -0.15) is 0 Å². The van der Waals surface area contributed by atoms with E-state index in [0.29, 0.717) is 16.7 Å². The summed E-state index contributed by atoms with van der Waals surface area (Å²) in [5, 5.41) is 10.9. The van der Waals surface area contributed by atoms with Crippen molar-refractivity contribution >= 4 is 33.6 Å². The summed E-state index contributed by atoms with van der Waals surface area (Å²) in [7, 11) is 0. The number of hydrogen-bond donors (Lipinski definition) is 1. The van der Waals surface area contributed by atoms with Gasteiger partial charge in [0.25, 0.3) is 0 Å². The first-order chi connectivity index (χ1) is 9.13. The number of aliphatic hydroxyl groups excluding tert-OH is 1. The molecule has 0 saturated carbocycles. The van der Waals surface area contributed by atoms with Crippen molar-refractivity contribution in [2.75, 3.05) is 0 Å². The number of furan rings is 1. The smallest absolute Gasteiger partial charge is 0.138 e. The molecule has 0 bridgehead atoms. The maximum atomic E-state index is 13.1. The van der Waals surface area contributed by atoms with Crippen LogP contribution < -0.4 is 0 Å². The zero-order valence-electron chi connectivity index (χ0n) is 9.81. The molecule has 0 radical (unpaired) electrons. The Hall–Kier alpha value is -1.40. The summed E-state index contributed by atoms with van der Waals surface area (Å²) in [5.41, 5.74) is 1.32.